The number of likely N-dealkylation sites (tertiary alicyclic amines) is 1. The van der Waals surface area contributed by atoms with Gasteiger partial charge < -0.3 is 19.7 Å². The zero-order chi connectivity index (χ0) is 19.8. The molecule has 8 nitrogen and oxygen atoms in total. The number of aromatic nitrogens is 3. The zero-order valence-corrected chi connectivity index (χ0v) is 16.8. The molecule has 4 rings (SSSR count). The van der Waals surface area contributed by atoms with E-state index < -0.39 is 0 Å². The highest BCUT2D eigenvalue weighted by atomic mass is 35.5. The molecule has 0 radical (unpaired) electrons. The van der Waals surface area contributed by atoms with Crippen LogP contribution in [0.5, 0.6) is 0 Å². The second-order valence-electron chi connectivity index (χ2n) is 7.20. The second-order valence-corrected chi connectivity index (χ2v) is 7.64. The number of nitrogens with one attached hydrogen (secondary N) is 1. The Balaban J connectivity index is 1.67. The number of anilines is 1. The third-order valence-corrected chi connectivity index (χ3v) is 5.56. The molecule has 2 aliphatic rings. The van der Waals surface area contributed by atoms with Crippen molar-refractivity contribution in [3.05, 3.63) is 39.9 Å². The molecule has 1 N–H and O–H groups in total. The van der Waals surface area contributed by atoms with Crippen molar-refractivity contribution in [2.75, 3.05) is 32.0 Å². The number of aryl methyl sites for hydroxylation is 1. The number of hydrogen-bond acceptors (Lipinski definition) is 5. The van der Waals surface area contributed by atoms with Crippen LogP contribution in [0.4, 0.5) is 5.95 Å². The van der Waals surface area contributed by atoms with Crippen molar-refractivity contribution in [3.63, 3.8) is 0 Å². The Morgan fingerprint density at radius 2 is 1.86 bits per heavy atom. The predicted molar refractivity (Wildman–Crippen MR) is 106 cm³/mol. The van der Waals surface area contributed by atoms with Gasteiger partial charge >= 0.3 is 0 Å². The third kappa shape index (κ3) is 3.32. The van der Waals surface area contributed by atoms with Crippen LogP contribution in [0.1, 0.15) is 45.1 Å². The van der Waals surface area contributed by atoms with E-state index in [-0.39, 0.29) is 11.8 Å². The van der Waals surface area contributed by atoms with Crippen LogP contribution in [-0.2, 0) is 20.0 Å². The lowest BCUT2D eigenvalue weighted by atomic mass is 10.0. The van der Waals surface area contributed by atoms with Gasteiger partial charge in [0.25, 0.3) is 11.8 Å². The van der Waals surface area contributed by atoms with E-state index in [9.17, 15) is 9.59 Å². The van der Waals surface area contributed by atoms with Crippen LogP contribution >= 0.6 is 11.6 Å². The molecule has 28 heavy (non-hydrogen) atoms. The first-order valence-corrected chi connectivity index (χ1v) is 9.83. The Bertz CT molecular complexity index is 935. The van der Waals surface area contributed by atoms with Crippen LogP contribution in [0.15, 0.2) is 12.3 Å². The molecule has 2 aliphatic heterocycles. The fraction of sp³-hybridized carbons (Fsp3) is 0.474. The van der Waals surface area contributed by atoms with Gasteiger partial charge in [0.2, 0.25) is 5.95 Å². The lowest BCUT2D eigenvalue weighted by molar-refractivity contribution is 0.0711. The van der Waals surface area contributed by atoms with E-state index in [1.165, 1.54) is 0 Å². The summed E-state index contributed by atoms with van der Waals surface area (Å²) in [5.74, 6) is 0.247. The minimum Gasteiger partial charge on any atom is -0.357 e. The number of carbonyl (C=O) groups is 2. The number of carbonyl (C=O) groups excluding carboxylic acids is 2. The normalized spacial score (nSPS) is 16.2. The summed E-state index contributed by atoms with van der Waals surface area (Å²) in [5, 5.41) is 3.46. The summed E-state index contributed by atoms with van der Waals surface area (Å²) in [7, 11) is 3.53. The van der Waals surface area contributed by atoms with E-state index in [2.05, 4.69) is 15.3 Å². The van der Waals surface area contributed by atoms with Gasteiger partial charge in [0, 0.05) is 51.9 Å². The number of amides is 2. The molecular formula is C19H23ClN6O2. The van der Waals surface area contributed by atoms with Gasteiger partial charge in [0.1, 0.15) is 11.4 Å². The average Bonchev–Trinajstić information content (AvgIpc) is 3.35. The Morgan fingerprint density at radius 3 is 2.50 bits per heavy atom. The van der Waals surface area contributed by atoms with Crippen molar-refractivity contribution >= 4 is 29.4 Å². The molecule has 9 heteroatoms. The van der Waals surface area contributed by atoms with Crippen LogP contribution in [0.2, 0.25) is 5.02 Å². The van der Waals surface area contributed by atoms with Crippen LogP contribution in [0, 0.1) is 0 Å². The Kier molecular flexibility index (Phi) is 4.97. The van der Waals surface area contributed by atoms with E-state index in [0.717, 1.165) is 37.2 Å². The van der Waals surface area contributed by atoms with Crippen molar-refractivity contribution in [2.24, 2.45) is 7.05 Å². The number of rotatable bonds is 3. The minimum atomic E-state index is -0.114. The van der Waals surface area contributed by atoms with Gasteiger partial charge in [-0.1, -0.05) is 11.6 Å². The first-order valence-electron chi connectivity index (χ1n) is 9.46. The fourth-order valence-electron chi connectivity index (χ4n) is 3.84. The largest absolute Gasteiger partial charge is 0.357 e. The maximum absolute atomic E-state index is 13.1. The molecule has 1 saturated heterocycles. The summed E-state index contributed by atoms with van der Waals surface area (Å²) in [4.78, 5) is 38.6. The average molecular weight is 403 g/mol. The standard InChI is InChI=1S/C19H23ClN6O2/c1-21-19-22-14-5-8-26(17(27)15-9-12(20)10-24(15)2)11-13(14)16(23-19)18(28)25-6-3-4-7-25/h9-10H,3-8,11H2,1-2H3,(H,21,22,23). The molecule has 0 aliphatic carbocycles. The summed E-state index contributed by atoms with van der Waals surface area (Å²) < 4.78 is 1.72. The van der Waals surface area contributed by atoms with Gasteiger partial charge in [-0.2, -0.15) is 0 Å². The zero-order valence-electron chi connectivity index (χ0n) is 16.0. The summed E-state index contributed by atoms with van der Waals surface area (Å²) in [6.07, 6.45) is 4.31. The molecular weight excluding hydrogens is 380 g/mol. The molecule has 0 spiro atoms. The van der Waals surface area contributed by atoms with Crippen LogP contribution in [-0.4, -0.2) is 62.8 Å². The van der Waals surface area contributed by atoms with Crippen molar-refractivity contribution in [1.82, 2.24) is 24.3 Å². The maximum atomic E-state index is 13.1. The van der Waals surface area contributed by atoms with E-state index in [1.54, 1.807) is 35.8 Å². The van der Waals surface area contributed by atoms with Gasteiger partial charge in [0.05, 0.1) is 17.3 Å². The van der Waals surface area contributed by atoms with E-state index in [4.69, 9.17) is 11.6 Å². The first kappa shape index (κ1) is 18.7. The highest BCUT2D eigenvalue weighted by Gasteiger charge is 2.31. The van der Waals surface area contributed by atoms with E-state index in [0.29, 0.717) is 41.9 Å². The maximum Gasteiger partial charge on any atom is 0.273 e. The molecule has 0 aromatic carbocycles. The van der Waals surface area contributed by atoms with Gasteiger partial charge in [-0.3, -0.25) is 9.59 Å². The highest BCUT2D eigenvalue weighted by Crippen LogP contribution is 2.26. The van der Waals surface area contributed by atoms with Crippen LogP contribution < -0.4 is 5.32 Å². The van der Waals surface area contributed by atoms with Gasteiger partial charge in [-0.05, 0) is 18.9 Å². The molecule has 2 amide bonds. The molecule has 0 saturated carbocycles. The second kappa shape index (κ2) is 7.43. The van der Waals surface area contributed by atoms with E-state index >= 15 is 0 Å². The quantitative estimate of drug-likeness (QED) is 0.848. The fourth-order valence-corrected chi connectivity index (χ4v) is 4.09. The number of fused-ring (bicyclic) bond motifs is 1. The Morgan fingerprint density at radius 1 is 1.11 bits per heavy atom. The summed E-state index contributed by atoms with van der Waals surface area (Å²) >= 11 is 6.03. The Labute approximate surface area is 168 Å². The molecule has 4 heterocycles. The first-order chi connectivity index (χ1) is 13.5. The Hall–Kier alpha value is -2.61. The number of nitrogens with zero attached hydrogens (tertiary/aromatic N) is 5. The molecule has 0 unspecified atom stereocenters. The molecule has 148 valence electrons. The van der Waals surface area contributed by atoms with Crippen molar-refractivity contribution in [2.45, 2.75) is 25.8 Å². The SMILES string of the molecule is CNc1nc2c(c(C(=O)N3CCCC3)n1)CN(C(=O)c1cc(Cl)cn1C)CC2. The number of hydrogen-bond donors (Lipinski definition) is 1. The summed E-state index contributed by atoms with van der Waals surface area (Å²) in [5.41, 5.74) is 2.50. The molecule has 1 fully saturated rings. The van der Waals surface area contributed by atoms with Crippen molar-refractivity contribution in [1.29, 1.82) is 0 Å². The van der Waals surface area contributed by atoms with Gasteiger partial charge in [-0.25, -0.2) is 9.97 Å². The van der Waals surface area contributed by atoms with Crippen LogP contribution in [0.3, 0.4) is 0 Å². The topological polar surface area (TPSA) is 83.4 Å². The van der Waals surface area contributed by atoms with Gasteiger partial charge in [0.15, 0.2) is 0 Å². The van der Waals surface area contributed by atoms with Crippen molar-refractivity contribution in [3.8, 4) is 0 Å². The number of halogens is 1. The van der Waals surface area contributed by atoms with E-state index in [1.807, 2.05) is 4.90 Å². The predicted octanol–water partition coefficient (Wildman–Crippen LogP) is 1.94. The molecule has 2 aromatic heterocycles. The lowest BCUT2D eigenvalue weighted by Gasteiger charge is -2.30. The third-order valence-electron chi connectivity index (χ3n) is 5.36. The van der Waals surface area contributed by atoms with Crippen LogP contribution in [0.25, 0.3) is 0 Å². The summed E-state index contributed by atoms with van der Waals surface area (Å²) in [6, 6.07) is 1.66. The van der Waals surface area contributed by atoms with Crippen molar-refractivity contribution < 1.29 is 9.59 Å². The monoisotopic (exact) mass is 402 g/mol. The smallest absolute Gasteiger partial charge is 0.273 e. The lowest BCUT2D eigenvalue weighted by Crippen LogP contribution is -2.39. The molecule has 0 atom stereocenters. The molecule has 2 aromatic rings. The minimum absolute atomic E-state index is 0.0798. The summed E-state index contributed by atoms with van der Waals surface area (Å²) in [6.45, 7) is 2.34. The molecule has 0 bridgehead atoms. The van der Waals surface area contributed by atoms with Gasteiger partial charge in [-0.15, -0.1) is 0 Å². The highest BCUT2D eigenvalue weighted by molar-refractivity contribution is 6.31.